The molecule has 0 aliphatic heterocycles. The number of benzene rings is 2. The maximum absolute atomic E-state index is 11.5. The zero-order valence-corrected chi connectivity index (χ0v) is 14.3. The highest BCUT2D eigenvalue weighted by molar-refractivity contribution is 8.03. The Morgan fingerprint density at radius 1 is 1.20 bits per heavy atom. The maximum atomic E-state index is 11.5. The molecule has 0 N–H and O–H groups in total. The molecular formula is C18H14NO5S-. The third-order valence-corrected chi connectivity index (χ3v) is 4.25. The number of methoxy groups -OCH3 is 2. The summed E-state index contributed by atoms with van der Waals surface area (Å²) in [5.41, 5.74) is 1.82. The number of carbonyl (C=O) groups excluding carboxylic acids is 1. The number of carboxylic acids is 1. The van der Waals surface area contributed by atoms with Gasteiger partial charge < -0.3 is 23.8 Å². The van der Waals surface area contributed by atoms with Gasteiger partial charge in [0, 0.05) is 16.5 Å². The van der Waals surface area contributed by atoms with Crippen LogP contribution in [-0.2, 0) is 4.79 Å². The highest BCUT2D eigenvalue weighted by Gasteiger charge is 2.12. The van der Waals surface area contributed by atoms with Gasteiger partial charge in [-0.05, 0) is 42.1 Å². The van der Waals surface area contributed by atoms with Crippen LogP contribution in [0, 0.1) is 0 Å². The van der Waals surface area contributed by atoms with Crippen LogP contribution in [0.1, 0.15) is 5.56 Å². The summed E-state index contributed by atoms with van der Waals surface area (Å²) in [5, 5.41) is 11.7. The number of thioether (sulfide) groups is 1. The fraction of sp³-hybridized carbons (Fsp3) is 0.111. The van der Waals surface area contributed by atoms with Crippen molar-refractivity contribution in [2.75, 3.05) is 14.2 Å². The van der Waals surface area contributed by atoms with Gasteiger partial charge in [0.15, 0.2) is 5.58 Å². The van der Waals surface area contributed by atoms with Crippen molar-refractivity contribution in [1.82, 2.24) is 4.98 Å². The van der Waals surface area contributed by atoms with Gasteiger partial charge in [0.2, 0.25) is 0 Å². The molecule has 7 heteroatoms. The van der Waals surface area contributed by atoms with E-state index in [1.54, 1.807) is 37.4 Å². The predicted molar refractivity (Wildman–Crippen MR) is 92.4 cm³/mol. The molecule has 1 heterocycles. The highest BCUT2D eigenvalue weighted by Crippen LogP contribution is 2.33. The molecule has 3 aromatic rings. The SMILES string of the molecule is COc1ccc(/C=C(\Sc2nc3ccccc3o2)C(=O)[O-])c(OC)c1. The summed E-state index contributed by atoms with van der Waals surface area (Å²) < 4.78 is 16.0. The van der Waals surface area contributed by atoms with E-state index in [-0.39, 0.29) is 10.1 Å². The van der Waals surface area contributed by atoms with Crippen LogP contribution >= 0.6 is 11.8 Å². The first-order valence-corrected chi connectivity index (χ1v) is 8.11. The third-order valence-electron chi connectivity index (χ3n) is 3.40. The third kappa shape index (κ3) is 3.77. The topological polar surface area (TPSA) is 84.6 Å². The molecular weight excluding hydrogens is 342 g/mol. The average Bonchev–Trinajstić information content (AvgIpc) is 3.03. The molecule has 6 nitrogen and oxygen atoms in total. The molecule has 1 aromatic heterocycles. The van der Waals surface area contributed by atoms with Crippen molar-refractivity contribution in [3.05, 3.63) is 52.9 Å². The Bertz CT molecular complexity index is 915. The minimum absolute atomic E-state index is 0.0463. The molecule has 0 amide bonds. The van der Waals surface area contributed by atoms with E-state index < -0.39 is 5.97 Å². The molecule has 0 spiro atoms. The van der Waals surface area contributed by atoms with Crippen LogP contribution in [0.3, 0.4) is 0 Å². The first kappa shape index (κ1) is 16.9. The first-order chi connectivity index (χ1) is 12.1. The second-order valence-corrected chi connectivity index (χ2v) is 5.95. The summed E-state index contributed by atoms with van der Waals surface area (Å²) in [6.07, 6.45) is 1.45. The van der Waals surface area contributed by atoms with Gasteiger partial charge in [0.1, 0.15) is 17.0 Å². The van der Waals surface area contributed by atoms with Crippen molar-refractivity contribution >= 4 is 34.9 Å². The monoisotopic (exact) mass is 356 g/mol. The molecule has 128 valence electrons. The largest absolute Gasteiger partial charge is 0.544 e. The van der Waals surface area contributed by atoms with Crippen molar-refractivity contribution in [3.8, 4) is 11.5 Å². The molecule has 0 unspecified atom stereocenters. The predicted octanol–water partition coefficient (Wildman–Crippen LogP) is 2.73. The van der Waals surface area contributed by atoms with E-state index in [4.69, 9.17) is 13.9 Å². The summed E-state index contributed by atoms with van der Waals surface area (Å²) in [4.78, 5) is 15.7. The molecule has 0 atom stereocenters. The number of rotatable bonds is 6. The Hall–Kier alpha value is -2.93. The molecule has 2 aromatic carbocycles. The number of aromatic nitrogens is 1. The second-order valence-electron chi connectivity index (χ2n) is 4.95. The van der Waals surface area contributed by atoms with E-state index in [2.05, 4.69) is 4.98 Å². The van der Waals surface area contributed by atoms with Gasteiger partial charge in [-0.15, -0.1) is 0 Å². The van der Waals surface area contributed by atoms with Crippen molar-refractivity contribution in [3.63, 3.8) is 0 Å². The van der Waals surface area contributed by atoms with E-state index in [1.807, 2.05) is 12.1 Å². The van der Waals surface area contributed by atoms with E-state index in [9.17, 15) is 9.90 Å². The molecule has 3 rings (SSSR count). The number of fused-ring (bicyclic) bond motifs is 1. The van der Waals surface area contributed by atoms with Crippen molar-refractivity contribution in [2.45, 2.75) is 5.22 Å². The quantitative estimate of drug-likeness (QED) is 0.496. The van der Waals surface area contributed by atoms with Gasteiger partial charge in [0.25, 0.3) is 5.22 Å². The standard InChI is InChI=1S/C18H15NO5S/c1-22-12-8-7-11(15(10-12)23-2)9-16(17(20)21)25-18-19-13-5-3-4-6-14(13)24-18/h3-10H,1-2H3,(H,20,21)/p-1/b16-9-. The molecule has 25 heavy (non-hydrogen) atoms. The minimum Gasteiger partial charge on any atom is -0.544 e. The molecule has 0 aliphatic carbocycles. The summed E-state index contributed by atoms with van der Waals surface area (Å²) in [6.45, 7) is 0. The Kier molecular flexibility index (Phi) is 4.95. The number of para-hydroxylation sites is 2. The Labute approximate surface area is 148 Å². The van der Waals surface area contributed by atoms with Crippen LogP contribution in [-0.4, -0.2) is 25.2 Å². The van der Waals surface area contributed by atoms with Gasteiger partial charge in [-0.3, -0.25) is 0 Å². The lowest BCUT2D eigenvalue weighted by Gasteiger charge is -2.10. The molecule has 0 bridgehead atoms. The van der Waals surface area contributed by atoms with E-state index >= 15 is 0 Å². The first-order valence-electron chi connectivity index (χ1n) is 7.29. The number of carbonyl (C=O) groups is 1. The molecule has 0 fully saturated rings. The maximum Gasteiger partial charge on any atom is 0.261 e. The number of nitrogens with zero attached hydrogens (tertiary/aromatic N) is 1. The summed E-state index contributed by atoms with van der Waals surface area (Å²) in [7, 11) is 3.04. The van der Waals surface area contributed by atoms with Crippen LogP contribution in [0.25, 0.3) is 17.2 Å². The number of hydrogen-bond acceptors (Lipinski definition) is 7. The van der Waals surface area contributed by atoms with Gasteiger partial charge in [-0.1, -0.05) is 12.1 Å². The smallest absolute Gasteiger partial charge is 0.261 e. The molecule has 0 saturated carbocycles. The Morgan fingerprint density at radius 3 is 2.68 bits per heavy atom. The summed E-state index contributed by atoms with van der Waals surface area (Å²) in [5.74, 6) is -0.239. The van der Waals surface area contributed by atoms with Crippen LogP contribution in [0.5, 0.6) is 11.5 Å². The van der Waals surface area contributed by atoms with Gasteiger partial charge in [-0.2, -0.15) is 0 Å². The number of hydrogen-bond donors (Lipinski definition) is 0. The number of ether oxygens (including phenoxy) is 2. The van der Waals surface area contributed by atoms with Gasteiger partial charge in [0.05, 0.1) is 20.2 Å². The normalized spacial score (nSPS) is 11.5. The van der Waals surface area contributed by atoms with Crippen molar-refractivity contribution in [1.29, 1.82) is 0 Å². The lowest BCUT2D eigenvalue weighted by atomic mass is 10.1. The van der Waals surface area contributed by atoms with Gasteiger partial charge >= 0.3 is 0 Å². The minimum atomic E-state index is -1.33. The van der Waals surface area contributed by atoms with Crippen molar-refractivity contribution < 1.29 is 23.8 Å². The highest BCUT2D eigenvalue weighted by atomic mass is 32.2. The van der Waals surface area contributed by atoms with Crippen LogP contribution < -0.4 is 14.6 Å². The lowest BCUT2D eigenvalue weighted by Crippen LogP contribution is -2.23. The number of aliphatic carboxylic acids is 1. The zero-order chi connectivity index (χ0) is 17.8. The fourth-order valence-electron chi connectivity index (χ4n) is 2.20. The van der Waals surface area contributed by atoms with Crippen molar-refractivity contribution in [2.24, 2.45) is 0 Å². The average molecular weight is 356 g/mol. The number of carboxylic acid groups (broad SMARTS) is 1. The summed E-state index contributed by atoms with van der Waals surface area (Å²) in [6, 6.07) is 12.3. The van der Waals surface area contributed by atoms with E-state index in [1.165, 1.54) is 13.2 Å². The van der Waals surface area contributed by atoms with Crippen LogP contribution in [0.4, 0.5) is 0 Å². The molecule has 0 saturated heterocycles. The summed E-state index contributed by atoms with van der Waals surface area (Å²) >= 11 is 0.881. The zero-order valence-electron chi connectivity index (χ0n) is 13.5. The Balaban J connectivity index is 1.95. The Morgan fingerprint density at radius 2 is 2.00 bits per heavy atom. The van der Waals surface area contributed by atoms with Crippen LogP contribution in [0.15, 0.2) is 57.0 Å². The van der Waals surface area contributed by atoms with E-state index in [0.29, 0.717) is 28.2 Å². The molecule has 0 aliphatic rings. The van der Waals surface area contributed by atoms with Crippen LogP contribution in [0.2, 0.25) is 0 Å². The van der Waals surface area contributed by atoms with E-state index in [0.717, 1.165) is 11.8 Å². The number of oxazole rings is 1. The fourth-order valence-corrected chi connectivity index (χ4v) is 2.93. The lowest BCUT2D eigenvalue weighted by molar-refractivity contribution is -0.298. The molecule has 0 radical (unpaired) electrons. The second kappa shape index (κ2) is 7.31. The van der Waals surface area contributed by atoms with Gasteiger partial charge in [-0.25, -0.2) is 4.98 Å².